The fourth-order valence-electron chi connectivity index (χ4n) is 3.13. The lowest BCUT2D eigenvalue weighted by Crippen LogP contribution is -2.56. The van der Waals surface area contributed by atoms with Crippen LogP contribution in [-0.4, -0.2) is 54.3 Å². The Kier molecular flexibility index (Phi) is 6.89. The van der Waals surface area contributed by atoms with Crippen LogP contribution in [0, 0.1) is 0 Å². The molecule has 146 valence electrons. The molecule has 0 spiro atoms. The van der Waals surface area contributed by atoms with Gasteiger partial charge in [0, 0.05) is 24.3 Å². The number of nitrogens with zero attached hydrogens (tertiary/aromatic N) is 2. The molecule has 0 aromatic heterocycles. The molecule has 2 rings (SSSR count). The SMILES string of the molecule is CC(C)Oc1ccc(NC(N)=NCC(C)(C)N2CC(C)OC(C)C2)cc1. The van der Waals surface area contributed by atoms with Gasteiger partial charge in [0.05, 0.1) is 24.9 Å². The Morgan fingerprint density at radius 2 is 1.85 bits per heavy atom. The predicted molar refractivity (Wildman–Crippen MR) is 108 cm³/mol. The second-order valence-corrected chi connectivity index (χ2v) is 7.99. The van der Waals surface area contributed by atoms with Gasteiger partial charge in [0.15, 0.2) is 5.96 Å². The molecule has 0 saturated carbocycles. The van der Waals surface area contributed by atoms with Gasteiger partial charge in [-0.25, -0.2) is 0 Å². The van der Waals surface area contributed by atoms with Gasteiger partial charge >= 0.3 is 0 Å². The van der Waals surface area contributed by atoms with Gasteiger partial charge in [-0.15, -0.1) is 0 Å². The Morgan fingerprint density at radius 1 is 1.27 bits per heavy atom. The van der Waals surface area contributed by atoms with E-state index in [4.69, 9.17) is 15.2 Å². The molecular weight excluding hydrogens is 328 g/mol. The van der Waals surface area contributed by atoms with Crippen molar-refractivity contribution in [1.82, 2.24) is 4.90 Å². The molecule has 26 heavy (non-hydrogen) atoms. The number of nitrogens with two attached hydrogens (primary N) is 1. The second kappa shape index (κ2) is 8.73. The third-order valence-corrected chi connectivity index (χ3v) is 4.41. The molecule has 0 aliphatic carbocycles. The number of guanidine groups is 1. The van der Waals surface area contributed by atoms with Gasteiger partial charge in [0.2, 0.25) is 0 Å². The number of benzene rings is 1. The summed E-state index contributed by atoms with van der Waals surface area (Å²) < 4.78 is 11.5. The van der Waals surface area contributed by atoms with E-state index in [1.165, 1.54) is 0 Å². The third-order valence-electron chi connectivity index (χ3n) is 4.41. The molecule has 2 atom stereocenters. The highest BCUT2D eigenvalue weighted by Crippen LogP contribution is 2.22. The summed E-state index contributed by atoms with van der Waals surface area (Å²) in [7, 11) is 0. The molecule has 1 fully saturated rings. The Morgan fingerprint density at radius 3 is 2.38 bits per heavy atom. The topological polar surface area (TPSA) is 72.1 Å². The van der Waals surface area contributed by atoms with E-state index in [0.29, 0.717) is 12.5 Å². The van der Waals surface area contributed by atoms with Gasteiger partial charge in [-0.1, -0.05) is 0 Å². The first-order chi connectivity index (χ1) is 12.2. The van der Waals surface area contributed by atoms with Crippen LogP contribution in [0.25, 0.3) is 0 Å². The largest absolute Gasteiger partial charge is 0.491 e. The first-order valence-corrected chi connectivity index (χ1v) is 9.40. The zero-order chi connectivity index (χ0) is 19.3. The summed E-state index contributed by atoms with van der Waals surface area (Å²) in [5, 5.41) is 3.14. The number of hydrogen-bond donors (Lipinski definition) is 2. The highest BCUT2D eigenvalue weighted by molar-refractivity contribution is 5.92. The van der Waals surface area contributed by atoms with Crippen molar-refractivity contribution < 1.29 is 9.47 Å². The maximum absolute atomic E-state index is 6.08. The molecule has 0 radical (unpaired) electrons. The minimum atomic E-state index is -0.0758. The molecule has 2 unspecified atom stereocenters. The van der Waals surface area contributed by atoms with Crippen molar-refractivity contribution in [3.63, 3.8) is 0 Å². The average molecular weight is 363 g/mol. The fraction of sp³-hybridized carbons (Fsp3) is 0.650. The molecule has 1 aromatic carbocycles. The van der Waals surface area contributed by atoms with Gasteiger partial charge in [-0.05, 0) is 65.8 Å². The van der Waals surface area contributed by atoms with E-state index in [1.807, 2.05) is 38.1 Å². The summed E-state index contributed by atoms with van der Waals surface area (Å²) in [6, 6.07) is 7.74. The van der Waals surface area contributed by atoms with Crippen molar-refractivity contribution in [3.05, 3.63) is 24.3 Å². The van der Waals surface area contributed by atoms with E-state index < -0.39 is 0 Å². The molecule has 1 aliphatic rings. The molecule has 6 nitrogen and oxygen atoms in total. The number of ether oxygens (including phenoxy) is 2. The van der Waals surface area contributed by atoms with E-state index in [9.17, 15) is 0 Å². The van der Waals surface area contributed by atoms with Crippen molar-refractivity contribution in [2.75, 3.05) is 25.0 Å². The molecule has 6 heteroatoms. The van der Waals surface area contributed by atoms with Crippen LogP contribution in [0.15, 0.2) is 29.3 Å². The summed E-state index contributed by atoms with van der Waals surface area (Å²) in [6.45, 7) is 15.1. The van der Waals surface area contributed by atoms with Gasteiger partial charge in [-0.3, -0.25) is 9.89 Å². The Labute approximate surface area is 157 Å². The van der Waals surface area contributed by atoms with Gasteiger partial charge in [0.1, 0.15) is 5.75 Å². The molecule has 0 bridgehead atoms. The van der Waals surface area contributed by atoms with Crippen molar-refractivity contribution in [1.29, 1.82) is 0 Å². The molecular formula is C20H34N4O2. The van der Waals surface area contributed by atoms with Crippen LogP contribution >= 0.6 is 0 Å². The molecule has 1 heterocycles. The Balaban J connectivity index is 1.92. The number of morpholine rings is 1. The first-order valence-electron chi connectivity index (χ1n) is 9.40. The van der Waals surface area contributed by atoms with Crippen LogP contribution in [0.4, 0.5) is 5.69 Å². The quantitative estimate of drug-likeness (QED) is 0.601. The van der Waals surface area contributed by atoms with Crippen LogP contribution in [0.2, 0.25) is 0 Å². The summed E-state index contributed by atoms with van der Waals surface area (Å²) in [4.78, 5) is 6.99. The van der Waals surface area contributed by atoms with Crippen molar-refractivity contribution >= 4 is 11.6 Å². The number of hydrogen-bond acceptors (Lipinski definition) is 4. The number of rotatable bonds is 6. The standard InChI is InChI=1S/C20H34N4O2/c1-14(2)25-18-9-7-17(8-10-18)23-19(21)22-13-20(5,6)24-11-15(3)26-16(4)12-24/h7-10,14-16H,11-13H2,1-6H3,(H3,21,22,23). The van der Waals surface area contributed by atoms with E-state index in [0.717, 1.165) is 24.5 Å². The normalized spacial score (nSPS) is 22.5. The zero-order valence-electron chi connectivity index (χ0n) is 17.0. The molecule has 1 aliphatic heterocycles. The summed E-state index contributed by atoms with van der Waals surface area (Å²) in [5.74, 6) is 1.27. The van der Waals surface area contributed by atoms with Crippen LogP contribution < -0.4 is 15.8 Å². The van der Waals surface area contributed by atoms with Crippen molar-refractivity contribution in [2.24, 2.45) is 10.7 Å². The van der Waals surface area contributed by atoms with Crippen LogP contribution in [0.1, 0.15) is 41.5 Å². The molecule has 1 saturated heterocycles. The van der Waals surface area contributed by atoms with Gasteiger partial charge in [0.25, 0.3) is 0 Å². The lowest BCUT2D eigenvalue weighted by molar-refractivity contribution is -0.0939. The number of nitrogens with one attached hydrogen (secondary N) is 1. The third kappa shape index (κ3) is 6.18. The highest BCUT2D eigenvalue weighted by Gasteiger charge is 2.33. The van der Waals surface area contributed by atoms with Gasteiger partial charge in [-0.2, -0.15) is 0 Å². The van der Waals surface area contributed by atoms with E-state index in [-0.39, 0.29) is 23.9 Å². The minimum absolute atomic E-state index is 0.0758. The fourth-order valence-corrected chi connectivity index (χ4v) is 3.13. The van der Waals surface area contributed by atoms with Crippen LogP contribution in [0.3, 0.4) is 0 Å². The van der Waals surface area contributed by atoms with Crippen molar-refractivity contribution in [3.8, 4) is 5.75 Å². The summed E-state index contributed by atoms with van der Waals surface area (Å²) >= 11 is 0. The lowest BCUT2D eigenvalue weighted by atomic mass is 10.0. The zero-order valence-corrected chi connectivity index (χ0v) is 17.0. The molecule has 1 aromatic rings. The van der Waals surface area contributed by atoms with E-state index >= 15 is 0 Å². The summed E-state index contributed by atoms with van der Waals surface area (Å²) in [6.07, 6.45) is 0.640. The van der Waals surface area contributed by atoms with Crippen molar-refractivity contribution in [2.45, 2.75) is 65.4 Å². The monoisotopic (exact) mass is 362 g/mol. The maximum Gasteiger partial charge on any atom is 0.193 e. The molecule has 0 amide bonds. The predicted octanol–water partition coefficient (Wildman–Crippen LogP) is 3.09. The minimum Gasteiger partial charge on any atom is -0.491 e. The molecule has 3 N–H and O–H groups in total. The Hall–Kier alpha value is -1.79. The smallest absolute Gasteiger partial charge is 0.193 e. The summed E-state index contributed by atoms with van der Waals surface area (Å²) in [5.41, 5.74) is 6.90. The van der Waals surface area contributed by atoms with E-state index in [1.54, 1.807) is 0 Å². The van der Waals surface area contributed by atoms with Gasteiger partial charge < -0.3 is 20.5 Å². The lowest BCUT2D eigenvalue weighted by Gasteiger charge is -2.44. The number of anilines is 1. The first kappa shape index (κ1) is 20.5. The number of aliphatic imine (C=N–C) groups is 1. The maximum atomic E-state index is 6.08. The highest BCUT2D eigenvalue weighted by atomic mass is 16.5. The second-order valence-electron chi connectivity index (χ2n) is 7.99. The van der Waals surface area contributed by atoms with E-state index in [2.05, 4.69) is 42.9 Å². The average Bonchev–Trinajstić information content (AvgIpc) is 2.53. The van der Waals surface area contributed by atoms with Crippen LogP contribution in [0.5, 0.6) is 5.75 Å². The van der Waals surface area contributed by atoms with Crippen LogP contribution in [-0.2, 0) is 4.74 Å². The Bertz CT molecular complexity index is 588.